The van der Waals surface area contributed by atoms with Gasteiger partial charge in [0, 0.05) is 24.2 Å². The SMILES string of the molecule is CS(=O)(=O)N1Cc2ncnc(Oc3ccc4c(ccn4C(=O)Nc4cc(C5(C(F)(F)F)CC5)on4)c3)c2C1. The van der Waals surface area contributed by atoms with E-state index in [-0.39, 0.29) is 43.4 Å². The molecule has 198 valence electrons. The molecule has 38 heavy (non-hydrogen) atoms. The van der Waals surface area contributed by atoms with Crippen molar-refractivity contribution in [3.63, 3.8) is 0 Å². The Hall–Kier alpha value is -3.98. The molecule has 3 aromatic heterocycles. The second-order valence-corrected chi connectivity index (χ2v) is 11.2. The Morgan fingerprint density at radius 2 is 1.95 bits per heavy atom. The van der Waals surface area contributed by atoms with Crippen LogP contribution in [0.2, 0.25) is 0 Å². The van der Waals surface area contributed by atoms with Crippen molar-refractivity contribution in [3.8, 4) is 11.6 Å². The predicted octanol–water partition coefficient (Wildman–Crippen LogP) is 4.16. The summed E-state index contributed by atoms with van der Waals surface area (Å²) in [6.45, 7) is 0.227. The van der Waals surface area contributed by atoms with Gasteiger partial charge in [-0.2, -0.15) is 17.5 Å². The zero-order valence-electron chi connectivity index (χ0n) is 19.7. The standard InChI is InChI=1S/C23H19F3N6O5S/c1-38(34,35)31-10-15-16(11-31)27-12-28-20(15)36-14-2-3-17-13(8-14)4-7-32(17)21(33)29-19-9-18(37-30-19)22(5-6-22)23(24,25)26/h2-4,7-9,12H,5-6,10-11H2,1H3,(H,29,30,33). The predicted molar refractivity (Wildman–Crippen MR) is 126 cm³/mol. The van der Waals surface area contributed by atoms with Crippen molar-refractivity contribution in [2.75, 3.05) is 11.6 Å². The van der Waals surface area contributed by atoms with Crippen molar-refractivity contribution < 1.29 is 35.6 Å². The number of aromatic nitrogens is 4. The molecule has 1 aliphatic heterocycles. The number of carbonyl (C=O) groups excluding carboxylic acids is 1. The lowest BCUT2D eigenvalue weighted by Gasteiger charge is -2.14. The molecule has 0 spiro atoms. The van der Waals surface area contributed by atoms with Gasteiger partial charge in [0.1, 0.15) is 17.5 Å². The van der Waals surface area contributed by atoms with Crippen LogP contribution in [0.1, 0.15) is 29.9 Å². The first kappa shape index (κ1) is 24.4. The Kier molecular flexibility index (Phi) is 5.30. The smallest absolute Gasteiger partial charge is 0.401 e. The van der Waals surface area contributed by atoms with Crippen molar-refractivity contribution in [1.29, 1.82) is 0 Å². The van der Waals surface area contributed by atoms with Crippen molar-refractivity contribution in [1.82, 2.24) is 24.0 Å². The third-order valence-corrected chi connectivity index (χ3v) is 7.93. The van der Waals surface area contributed by atoms with E-state index in [1.54, 1.807) is 24.3 Å². The van der Waals surface area contributed by atoms with Gasteiger partial charge in [-0.05, 0) is 37.1 Å². The van der Waals surface area contributed by atoms with Gasteiger partial charge in [0.2, 0.25) is 15.9 Å². The van der Waals surface area contributed by atoms with Gasteiger partial charge < -0.3 is 9.26 Å². The summed E-state index contributed by atoms with van der Waals surface area (Å²) in [5.41, 5.74) is -0.404. The highest BCUT2D eigenvalue weighted by Gasteiger charge is 2.66. The van der Waals surface area contributed by atoms with Gasteiger partial charge in [0.05, 0.1) is 29.6 Å². The van der Waals surface area contributed by atoms with E-state index in [0.717, 1.165) is 12.3 Å². The minimum absolute atomic E-state index is 0.0838. The minimum Gasteiger partial charge on any atom is -0.439 e. The zero-order chi connectivity index (χ0) is 26.9. The zero-order valence-corrected chi connectivity index (χ0v) is 20.5. The molecule has 0 atom stereocenters. The third-order valence-electron chi connectivity index (χ3n) is 6.73. The van der Waals surface area contributed by atoms with Gasteiger partial charge in [0.25, 0.3) is 0 Å². The van der Waals surface area contributed by atoms with Crippen molar-refractivity contribution in [2.45, 2.75) is 37.5 Å². The second kappa shape index (κ2) is 8.26. The number of hydrogen-bond donors (Lipinski definition) is 1. The summed E-state index contributed by atoms with van der Waals surface area (Å²) in [6.07, 6.45) is -0.707. The van der Waals surface area contributed by atoms with Crippen LogP contribution >= 0.6 is 0 Å². The average molecular weight is 549 g/mol. The monoisotopic (exact) mass is 548 g/mol. The number of benzene rings is 1. The number of nitrogens with zero attached hydrogens (tertiary/aromatic N) is 5. The first-order valence-electron chi connectivity index (χ1n) is 11.4. The molecule has 6 rings (SSSR count). The first-order valence-corrected chi connectivity index (χ1v) is 13.2. The van der Waals surface area contributed by atoms with Gasteiger partial charge >= 0.3 is 12.2 Å². The van der Waals surface area contributed by atoms with Crippen molar-refractivity contribution in [2.24, 2.45) is 0 Å². The normalized spacial score (nSPS) is 16.9. The number of fused-ring (bicyclic) bond motifs is 2. The summed E-state index contributed by atoms with van der Waals surface area (Å²) in [5.74, 6) is 0.183. The maximum atomic E-state index is 13.3. The number of ether oxygens (including phenoxy) is 1. The molecule has 15 heteroatoms. The molecule has 1 N–H and O–H groups in total. The van der Waals surface area contributed by atoms with Crippen molar-refractivity contribution in [3.05, 3.63) is 59.9 Å². The quantitative estimate of drug-likeness (QED) is 0.393. The first-order chi connectivity index (χ1) is 17.9. The molecule has 0 saturated heterocycles. The van der Waals surface area contributed by atoms with Gasteiger partial charge in [-0.25, -0.2) is 23.2 Å². The van der Waals surface area contributed by atoms with Crippen LogP contribution in [0.25, 0.3) is 10.9 Å². The van der Waals surface area contributed by atoms with E-state index in [9.17, 15) is 26.4 Å². The second-order valence-electron chi connectivity index (χ2n) is 9.23. The summed E-state index contributed by atoms with van der Waals surface area (Å²) in [5, 5.41) is 6.67. The lowest BCUT2D eigenvalue weighted by Crippen LogP contribution is -2.28. The number of sulfonamides is 1. The summed E-state index contributed by atoms with van der Waals surface area (Å²) in [6, 6.07) is 7.03. The number of alkyl halides is 3. The molecule has 4 aromatic rings. The van der Waals surface area contributed by atoms with Crippen LogP contribution in [0.3, 0.4) is 0 Å². The Bertz CT molecular complexity index is 1690. The molecule has 0 radical (unpaired) electrons. The minimum atomic E-state index is -4.46. The summed E-state index contributed by atoms with van der Waals surface area (Å²) >= 11 is 0. The fourth-order valence-corrected chi connectivity index (χ4v) is 5.16. The molecule has 4 heterocycles. The van der Waals surface area contributed by atoms with Crippen LogP contribution in [0.5, 0.6) is 11.6 Å². The highest BCUT2D eigenvalue weighted by atomic mass is 32.2. The molecule has 2 aliphatic rings. The highest BCUT2D eigenvalue weighted by Crippen LogP contribution is 2.59. The molecule has 1 saturated carbocycles. The number of halogens is 3. The van der Waals surface area contributed by atoms with E-state index in [2.05, 4.69) is 20.4 Å². The molecule has 0 bridgehead atoms. The lowest BCUT2D eigenvalue weighted by molar-refractivity contribution is -0.165. The fourth-order valence-electron chi connectivity index (χ4n) is 4.44. The number of nitrogens with one attached hydrogen (secondary N) is 1. The van der Waals surface area contributed by atoms with Gasteiger partial charge in [-0.3, -0.25) is 9.88 Å². The third kappa shape index (κ3) is 4.07. The Labute approximate surface area is 213 Å². The van der Waals surface area contributed by atoms with Crippen molar-refractivity contribution >= 4 is 32.8 Å². The molecule has 11 nitrogen and oxygen atoms in total. The van der Waals surface area contributed by atoms with Gasteiger partial charge in [-0.15, -0.1) is 0 Å². The number of amides is 1. The summed E-state index contributed by atoms with van der Waals surface area (Å²) < 4.78 is 77.2. The Morgan fingerprint density at radius 1 is 1.16 bits per heavy atom. The number of rotatable bonds is 5. The number of anilines is 1. The number of carbonyl (C=O) groups is 1. The van der Waals surface area contributed by atoms with Crippen LogP contribution in [0, 0.1) is 0 Å². The maximum absolute atomic E-state index is 13.3. The maximum Gasteiger partial charge on any atom is 0.401 e. The van der Waals surface area contributed by atoms with E-state index >= 15 is 0 Å². The topological polar surface area (TPSA) is 132 Å². The largest absolute Gasteiger partial charge is 0.439 e. The van der Waals surface area contributed by atoms with E-state index in [1.807, 2.05) is 0 Å². The summed E-state index contributed by atoms with van der Waals surface area (Å²) in [7, 11) is -3.42. The van der Waals surface area contributed by atoms with Gasteiger partial charge in [0.15, 0.2) is 11.6 Å². The highest BCUT2D eigenvalue weighted by molar-refractivity contribution is 7.88. The van der Waals surface area contributed by atoms with Crippen LogP contribution in [-0.4, -0.2) is 50.9 Å². The molecular weight excluding hydrogens is 529 g/mol. The van der Waals surface area contributed by atoms with E-state index in [1.165, 1.54) is 21.4 Å². The number of hydrogen-bond acceptors (Lipinski definition) is 8. The van der Waals surface area contributed by atoms with Crippen LogP contribution in [0.15, 0.2) is 47.4 Å². The fraction of sp³-hybridized carbons (Fsp3) is 0.304. The van der Waals surface area contributed by atoms with Crippen LogP contribution in [0.4, 0.5) is 23.8 Å². The molecule has 1 amide bonds. The molecular formula is C23H19F3N6O5S. The summed E-state index contributed by atoms with van der Waals surface area (Å²) in [4.78, 5) is 21.1. The van der Waals surface area contributed by atoms with Crippen LogP contribution < -0.4 is 10.1 Å². The van der Waals surface area contributed by atoms with E-state index in [4.69, 9.17) is 9.26 Å². The molecule has 1 aromatic carbocycles. The van der Waals surface area contributed by atoms with E-state index in [0.29, 0.717) is 27.9 Å². The Morgan fingerprint density at radius 3 is 2.66 bits per heavy atom. The molecule has 1 fully saturated rings. The van der Waals surface area contributed by atoms with Crippen LogP contribution in [-0.2, 0) is 28.5 Å². The molecule has 0 unspecified atom stereocenters. The lowest BCUT2D eigenvalue weighted by atomic mass is 10.0. The Balaban J connectivity index is 1.19. The van der Waals surface area contributed by atoms with Gasteiger partial charge in [-0.1, -0.05) is 5.16 Å². The average Bonchev–Trinajstić information content (AvgIpc) is 3.18. The van der Waals surface area contributed by atoms with E-state index < -0.39 is 27.6 Å². The molecule has 1 aliphatic carbocycles.